The van der Waals surface area contributed by atoms with E-state index in [9.17, 15) is 9.90 Å². The van der Waals surface area contributed by atoms with Crippen LogP contribution in [0, 0.1) is 5.92 Å². The lowest BCUT2D eigenvalue weighted by molar-refractivity contribution is -0.0680. The minimum absolute atomic E-state index is 0.0182. The van der Waals surface area contributed by atoms with Crippen LogP contribution in [-0.4, -0.2) is 30.8 Å². The topological polar surface area (TPSA) is 71.7 Å². The van der Waals surface area contributed by atoms with Crippen molar-refractivity contribution in [2.24, 2.45) is 5.92 Å². The number of para-hydroxylation sites is 1. The molecule has 0 spiro atoms. The number of rotatable bonds is 5. The third kappa shape index (κ3) is 3.61. The van der Waals surface area contributed by atoms with E-state index in [0.29, 0.717) is 18.8 Å². The molecule has 2 aromatic carbocycles. The number of hydrogen-bond acceptors (Lipinski definition) is 4. The summed E-state index contributed by atoms with van der Waals surface area (Å²) in [6, 6.07) is 18.8. The van der Waals surface area contributed by atoms with Gasteiger partial charge in [-0.05, 0) is 36.5 Å². The summed E-state index contributed by atoms with van der Waals surface area (Å²) in [4.78, 5) is 12.6. The second-order valence-corrected chi connectivity index (χ2v) is 7.01. The van der Waals surface area contributed by atoms with Crippen LogP contribution in [0.2, 0.25) is 0 Å². The molecule has 1 aliphatic rings. The van der Waals surface area contributed by atoms with Crippen LogP contribution in [0.3, 0.4) is 0 Å². The molecule has 1 amide bonds. The minimum atomic E-state index is -1.15. The SMILES string of the molecule is O=C(NCC(O)(c1ccccc1)C1CCOCC1)c1cc2ccccc2o1. The molecular weight excluding hydrogens is 342 g/mol. The van der Waals surface area contributed by atoms with Crippen molar-refractivity contribution in [1.29, 1.82) is 0 Å². The first-order valence-corrected chi connectivity index (χ1v) is 9.29. The highest BCUT2D eigenvalue weighted by atomic mass is 16.5. The molecule has 0 saturated carbocycles. The molecule has 5 heteroatoms. The summed E-state index contributed by atoms with van der Waals surface area (Å²) in [7, 11) is 0. The van der Waals surface area contributed by atoms with E-state index in [-0.39, 0.29) is 24.1 Å². The predicted molar refractivity (Wildman–Crippen MR) is 102 cm³/mol. The van der Waals surface area contributed by atoms with Crippen LogP contribution < -0.4 is 5.32 Å². The maximum Gasteiger partial charge on any atom is 0.287 e. The highest BCUT2D eigenvalue weighted by molar-refractivity contribution is 5.96. The Balaban J connectivity index is 1.55. The molecule has 0 bridgehead atoms. The van der Waals surface area contributed by atoms with Crippen molar-refractivity contribution in [3.05, 3.63) is 72.0 Å². The van der Waals surface area contributed by atoms with Crippen molar-refractivity contribution in [3.63, 3.8) is 0 Å². The first-order valence-electron chi connectivity index (χ1n) is 9.29. The maximum atomic E-state index is 12.6. The predicted octanol–water partition coefficient (Wildman–Crippen LogP) is 3.48. The van der Waals surface area contributed by atoms with Crippen LogP contribution in [0.4, 0.5) is 0 Å². The minimum Gasteiger partial charge on any atom is -0.451 e. The van der Waals surface area contributed by atoms with Crippen LogP contribution in [-0.2, 0) is 10.3 Å². The molecule has 1 saturated heterocycles. The number of aliphatic hydroxyl groups is 1. The van der Waals surface area contributed by atoms with E-state index in [1.807, 2.05) is 54.6 Å². The number of benzene rings is 2. The summed E-state index contributed by atoms with van der Waals surface area (Å²) in [5.74, 6) is -0.0594. The Bertz CT molecular complexity index is 881. The van der Waals surface area contributed by atoms with Crippen molar-refractivity contribution in [1.82, 2.24) is 5.32 Å². The van der Waals surface area contributed by atoms with Gasteiger partial charge in [0.1, 0.15) is 11.2 Å². The van der Waals surface area contributed by atoms with Gasteiger partial charge in [-0.1, -0.05) is 48.5 Å². The van der Waals surface area contributed by atoms with E-state index < -0.39 is 5.60 Å². The number of hydrogen-bond donors (Lipinski definition) is 2. The average Bonchev–Trinajstić information content (AvgIpc) is 3.17. The third-order valence-corrected chi connectivity index (χ3v) is 5.34. The van der Waals surface area contributed by atoms with Gasteiger partial charge in [0, 0.05) is 18.6 Å². The van der Waals surface area contributed by atoms with Crippen molar-refractivity contribution < 1.29 is 19.1 Å². The van der Waals surface area contributed by atoms with Gasteiger partial charge in [-0.2, -0.15) is 0 Å². The highest BCUT2D eigenvalue weighted by Crippen LogP contribution is 2.35. The van der Waals surface area contributed by atoms with Gasteiger partial charge >= 0.3 is 0 Å². The molecule has 1 fully saturated rings. The van der Waals surface area contributed by atoms with Crippen LogP contribution in [0.1, 0.15) is 29.0 Å². The molecule has 0 aliphatic carbocycles. The van der Waals surface area contributed by atoms with E-state index in [2.05, 4.69) is 5.32 Å². The second kappa shape index (κ2) is 7.55. The Morgan fingerprint density at radius 3 is 2.52 bits per heavy atom. The molecule has 4 rings (SSSR count). The molecule has 3 aromatic rings. The Morgan fingerprint density at radius 1 is 1.07 bits per heavy atom. The summed E-state index contributed by atoms with van der Waals surface area (Å²) in [6.45, 7) is 1.37. The number of furan rings is 1. The summed E-state index contributed by atoms with van der Waals surface area (Å²) in [5.41, 5.74) is 0.333. The van der Waals surface area contributed by atoms with Crippen molar-refractivity contribution in [2.45, 2.75) is 18.4 Å². The molecule has 2 heterocycles. The quantitative estimate of drug-likeness (QED) is 0.726. The average molecular weight is 365 g/mol. The molecule has 1 unspecified atom stereocenters. The molecule has 1 atom stereocenters. The zero-order chi connectivity index (χ0) is 18.7. The molecule has 0 radical (unpaired) electrons. The Morgan fingerprint density at radius 2 is 1.78 bits per heavy atom. The van der Waals surface area contributed by atoms with Gasteiger partial charge in [0.25, 0.3) is 5.91 Å². The standard InChI is InChI=1S/C22H23NO4/c24-21(20-14-16-6-4-5-9-19(16)27-20)23-15-22(25,17-7-2-1-3-8-17)18-10-12-26-13-11-18/h1-9,14,18,25H,10-13,15H2,(H,23,24). The Hall–Kier alpha value is -2.63. The fourth-order valence-electron chi connectivity index (χ4n) is 3.78. The zero-order valence-electron chi connectivity index (χ0n) is 15.1. The summed E-state index contributed by atoms with van der Waals surface area (Å²) in [5, 5.41) is 15.3. The molecule has 27 heavy (non-hydrogen) atoms. The number of carbonyl (C=O) groups is 1. The molecule has 2 N–H and O–H groups in total. The Labute approximate surface area is 157 Å². The van der Waals surface area contributed by atoms with E-state index in [1.54, 1.807) is 6.07 Å². The van der Waals surface area contributed by atoms with Crippen LogP contribution >= 0.6 is 0 Å². The van der Waals surface area contributed by atoms with Crippen molar-refractivity contribution in [2.75, 3.05) is 19.8 Å². The van der Waals surface area contributed by atoms with Gasteiger partial charge < -0.3 is 19.6 Å². The number of nitrogens with one attached hydrogen (secondary N) is 1. The van der Waals surface area contributed by atoms with Gasteiger partial charge in [0.05, 0.1) is 6.54 Å². The largest absolute Gasteiger partial charge is 0.451 e. The number of fused-ring (bicyclic) bond motifs is 1. The second-order valence-electron chi connectivity index (χ2n) is 7.01. The van der Waals surface area contributed by atoms with Crippen molar-refractivity contribution in [3.8, 4) is 0 Å². The molecule has 1 aliphatic heterocycles. The Kier molecular flexibility index (Phi) is 4.97. The van der Waals surface area contributed by atoms with Gasteiger partial charge in [-0.3, -0.25) is 4.79 Å². The van der Waals surface area contributed by atoms with Gasteiger partial charge in [-0.15, -0.1) is 0 Å². The monoisotopic (exact) mass is 365 g/mol. The molecular formula is C22H23NO4. The number of ether oxygens (including phenoxy) is 1. The van der Waals surface area contributed by atoms with E-state index in [4.69, 9.17) is 9.15 Å². The molecule has 140 valence electrons. The fourth-order valence-corrected chi connectivity index (χ4v) is 3.78. The normalized spacial score (nSPS) is 17.5. The van der Waals surface area contributed by atoms with Crippen LogP contribution in [0.5, 0.6) is 0 Å². The highest BCUT2D eigenvalue weighted by Gasteiger charge is 2.39. The summed E-state index contributed by atoms with van der Waals surface area (Å²) < 4.78 is 11.1. The van der Waals surface area contributed by atoms with E-state index >= 15 is 0 Å². The summed E-state index contributed by atoms with van der Waals surface area (Å²) in [6.07, 6.45) is 1.51. The lowest BCUT2D eigenvalue weighted by Gasteiger charge is -2.39. The third-order valence-electron chi connectivity index (χ3n) is 5.34. The van der Waals surface area contributed by atoms with Crippen molar-refractivity contribution >= 4 is 16.9 Å². The van der Waals surface area contributed by atoms with Crippen LogP contribution in [0.15, 0.2) is 65.1 Å². The molecule has 1 aromatic heterocycles. The van der Waals surface area contributed by atoms with Crippen LogP contribution in [0.25, 0.3) is 11.0 Å². The van der Waals surface area contributed by atoms with E-state index in [0.717, 1.165) is 23.8 Å². The lowest BCUT2D eigenvalue weighted by Crippen LogP contribution is -2.47. The maximum absolute atomic E-state index is 12.6. The lowest BCUT2D eigenvalue weighted by atomic mass is 9.77. The van der Waals surface area contributed by atoms with E-state index in [1.165, 1.54) is 0 Å². The number of carbonyl (C=O) groups excluding carboxylic acids is 1. The first-order chi connectivity index (χ1) is 13.2. The summed E-state index contributed by atoms with van der Waals surface area (Å²) >= 11 is 0. The zero-order valence-corrected chi connectivity index (χ0v) is 15.1. The molecule has 5 nitrogen and oxygen atoms in total. The number of amides is 1. The first kappa shape index (κ1) is 17.8. The van der Waals surface area contributed by atoms with Gasteiger partial charge in [-0.25, -0.2) is 0 Å². The van der Waals surface area contributed by atoms with Gasteiger partial charge in [0.15, 0.2) is 5.76 Å². The van der Waals surface area contributed by atoms with Gasteiger partial charge in [0.2, 0.25) is 0 Å². The fraction of sp³-hybridized carbons (Fsp3) is 0.318. The smallest absolute Gasteiger partial charge is 0.287 e.